The number of aryl methyl sites for hydroxylation is 1. The Hall–Kier alpha value is -2.12. The van der Waals surface area contributed by atoms with Crippen LogP contribution in [0, 0.1) is 0 Å². The Morgan fingerprint density at radius 3 is 2.64 bits per heavy atom. The molecule has 2 aromatic heterocycles. The van der Waals surface area contributed by atoms with Crippen LogP contribution in [-0.4, -0.2) is 52.5 Å². The number of benzene rings is 1. The van der Waals surface area contributed by atoms with Gasteiger partial charge in [-0.1, -0.05) is 43.2 Å². The van der Waals surface area contributed by atoms with Crippen LogP contribution < -0.4 is 15.9 Å². The lowest BCUT2D eigenvalue weighted by atomic mass is 10.0. The van der Waals surface area contributed by atoms with Gasteiger partial charge in [0.15, 0.2) is 0 Å². The van der Waals surface area contributed by atoms with Gasteiger partial charge in [0.2, 0.25) is 0 Å². The number of fused-ring (bicyclic) bond motifs is 2. The fourth-order valence-corrected chi connectivity index (χ4v) is 6.77. The number of piperazine rings is 1. The summed E-state index contributed by atoms with van der Waals surface area (Å²) in [6.07, 6.45) is 11.5. The van der Waals surface area contributed by atoms with Crippen molar-refractivity contribution in [2.24, 2.45) is 0 Å². The summed E-state index contributed by atoms with van der Waals surface area (Å²) in [5.41, 5.74) is 3.74. The van der Waals surface area contributed by atoms with Crippen LogP contribution in [0.1, 0.15) is 54.3 Å². The lowest BCUT2D eigenvalue weighted by molar-refractivity contribution is 0.127. The number of nitrogens with one attached hydrogen (secondary N) is 1. The van der Waals surface area contributed by atoms with Crippen molar-refractivity contribution in [3.63, 3.8) is 0 Å². The van der Waals surface area contributed by atoms with Gasteiger partial charge >= 0.3 is 0 Å². The largest absolute Gasteiger partial charge is 0.365 e. The summed E-state index contributed by atoms with van der Waals surface area (Å²) in [4.78, 5) is 15.3. The molecule has 1 atom stereocenters. The van der Waals surface area contributed by atoms with Crippen molar-refractivity contribution in [1.82, 2.24) is 19.8 Å². The van der Waals surface area contributed by atoms with Crippen molar-refractivity contribution in [2.45, 2.75) is 50.5 Å². The highest BCUT2D eigenvalue weighted by molar-refractivity contribution is 7.16. The standard InChI is InChI=1S/C28H33N5S.2ClH/c1-32-16-17-33(19-23(32)14-13-20-8-3-2-4-9-20)26-24-22(12-7-15-29-24)18-30-28-25(26)31-27(34-28)21-10-5-6-11-21;;/h2-4,7-9,12,15,18,21,23,30H,5-6,10-11,13-14,16-17,19H2,1H3;2*1H. The van der Waals surface area contributed by atoms with Crippen LogP contribution in [0.3, 0.4) is 0 Å². The molecule has 6 rings (SSSR count). The molecular weight excluding hydrogens is 509 g/mol. The van der Waals surface area contributed by atoms with Gasteiger partial charge < -0.3 is 10.2 Å². The molecule has 2 aliphatic heterocycles. The number of hydrogen-bond acceptors (Lipinski definition) is 6. The predicted molar refractivity (Wildman–Crippen MR) is 155 cm³/mol. The molecule has 1 saturated heterocycles. The summed E-state index contributed by atoms with van der Waals surface area (Å²) in [5, 5.41) is 8.27. The number of likely N-dealkylation sites (N-methyl/N-ethyl adjacent to an activating group) is 1. The van der Waals surface area contributed by atoms with E-state index in [2.05, 4.69) is 64.8 Å². The molecule has 0 amide bonds. The molecule has 1 N–H and O–H groups in total. The van der Waals surface area contributed by atoms with Gasteiger partial charge in [0.25, 0.3) is 0 Å². The highest BCUT2D eigenvalue weighted by Gasteiger charge is 2.31. The smallest absolute Gasteiger partial charge is 0.124 e. The van der Waals surface area contributed by atoms with Gasteiger partial charge in [-0.05, 0) is 50.4 Å². The first-order valence-electron chi connectivity index (χ1n) is 12.7. The zero-order valence-corrected chi connectivity index (χ0v) is 23.2. The van der Waals surface area contributed by atoms with E-state index in [1.54, 1.807) is 0 Å². The molecule has 1 saturated carbocycles. The third-order valence-electron chi connectivity index (χ3n) is 7.70. The number of aromatic nitrogens is 2. The number of hydrogen-bond donors (Lipinski definition) is 1. The second-order valence-corrected chi connectivity index (χ2v) is 10.9. The molecule has 36 heavy (non-hydrogen) atoms. The number of rotatable bonds is 5. The molecule has 3 aromatic rings. The second kappa shape index (κ2) is 12.0. The van der Waals surface area contributed by atoms with Gasteiger partial charge in [-0.3, -0.25) is 9.88 Å². The molecule has 1 aromatic carbocycles. The highest BCUT2D eigenvalue weighted by atomic mass is 35.5. The van der Waals surface area contributed by atoms with E-state index in [0.29, 0.717) is 12.0 Å². The molecule has 192 valence electrons. The van der Waals surface area contributed by atoms with Gasteiger partial charge in [-0.15, -0.1) is 36.2 Å². The molecular formula is C28H35Cl2N5S. The van der Waals surface area contributed by atoms with Crippen LogP contribution in [0.2, 0.25) is 0 Å². The van der Waals surface area contributed by atoms with Gasteiger partial charge in [0, 0.05) is 49.2 Å². The van der Waals surface area contributed by atoms with E-state index in [1.165, 1.54) is 47.0 Å². The molecule has 1 aliphatic carbocycles. The van der Waals surface area contributed by atoms with Crippen molar-refractivity contribution >= 4 is 53.0 Å². The molecule has 4 heterocycles. The molecule has 0 radical (unpaired) electrons. The Bertz CT molecular complexity index is 1270. The lowest BCUT2D eigenvalue weighted by Gasteiger charge is -2.41. The van der Waals surface area contributed by atoms with E-state index < -0.39 is 0 Å². The van der Waals surface area contributed by atoms with Gasteiger partial charge in [0.1, 0.15) is 10.7 Å². The maximum absolute atomic E-state index is 5.29. The van der Waals surface area contributed by atoms with E-state index in [4.69, 9.17) is 9.97 Å². The Labute approximate surface area is 230 Å². The van der Waals surface area contributed by atoms with Crippen molar-refractivity contribution in [2.75, 3.05) is 32.0 Å². The van der Waals surface area contributed by atoms with Gasteiger partial charge in [0.05, 0.1) is 16.1 Å². The topological polar surface area (TPSA) is 44.3 Å². The third kappa shape index (κ3) is 5.42. The van der Waals surface area contributed by atoms with Crippen LogP contribution in [0.15, 0.2) is 48.7 Å². The van der Waals surface area contributed by atoms with E-state index in [1.807, 2.05) is 23.6 Å². The van der Waals surface area contributed by atoms with Gasteiger partial charge in [-0.2, -0.15) is 0 Å². The highest BCUT2D eigenvalue weighted by Crippen LogP contribution is 2.41. The van der Waals surface area contributed by atoms with Crippen LogP contribution >= 0.6 is 36.2 Å². The fraction of sp³-hybridized carbons (Fsp3) is 0.429. The summed E-state index contributed by atoms with van der Waals surface area (Å²) in [5.74, 6) is 0.620. The minimum atomic E-state index is 0. The van der Waals surface area contributed by atoms with Gasteiger partial charge in [-0.25, -0.2) is 4.98 Å². The van der Waals surface area contributed by atoms with E-state index >= 15 is 0 Å². The summed E-state index contributed by atoms with van der Waals surface area (Å²) < 4.78 is 0. The normalized spacial score (nSPS) is 19.8. The molecule has 5 nitrogen and oxygen atoms in total. The molecule has 3 aliphatic rings. The molecule has 8 heteroatoms. The number of nitrogens with zero attached hydrogens (tertiary/aromatic N) is 4. The fourth-order valence-electron chi connectivity index (χ4n) is 5.67. The molecule has 2 fully saturated rings. The van der Waals surface area contributed by atoms with E-state index in [9.17, 15) is 0 Å². The second-order valence-electron chi connectivity index (χ2n) is 9.89. The monoisotopic (exact) mass is 543 g/mol. The van der Waals surface area contributed by atoms with Crippen molar-refractivity contribution < 1.29 is 0 Å². The first kappa shape index (κ1) is 26.9. The average Bonchev–Trinajstić information content (AvgIpc) is 3.52. The van der Waals surface area contributed by atoms with Crippen LogP contribution in [0.4, 0.5) is 5.00 Å². The lowest BCUT2D eigenvalue weighted by Crippen LogP contribution is -2.52. The van der Waals surface area contributed by atoms with Crippen LogP contribution in [0.5, 0.6) is 0 Å². The maximum Gasteiger partial charge on any atom is 0.124 e. The summed E-state index contributed by atoms with van der Waals surface area (Å²) in [6, 6.07) is 15.6. The van der Waals surface area contributed by atoms with Crippen molar-refractivity contribution in [3.05, 3.63) is 75.5 Å². The SMILES string of the molecule is CN1CCN(C2=c3ncccc3=CNc3sc(C4CCCC4)nc32)CC1CCc1ccccc1.Cl.Cl. The Morgan fingerprint density at radius 1 is 1.03 bits per heavy atom. The Balaban J connectivity index is 0.00000152. The molecule has 1 unspecified atom stereocenters. The maximum atomic E-state index is 5.29. The minimum Gasteiger partial charge on any atom is -0.365 e. The van der Waals surface area contributed by atoms with Crippen LogP contribution in [0.25, 0.3) is 11.9 Å². The summed E-state index contributed by atoms with van der Waals surface area (Å²) >= 11 is 1.85. The van der Waals surface area contributed by atoms with Crippen molar-refractivity contribution in [1.29, 1.82) is 0 Å². The quantitative estimate of drug-likeness (QED) is 0.509. The number of halogens is 2. The van der Waals surface area contributed by atoms with Crippen molar-refractivity contribution in [3.8, 4) is 0 Å². The zero-order valence-electron chi connectivity index (χ0n) is 20.7. The molecule has 0 bridgehead atoms. The van der Waals surface area contributed by atoms with E-state index in [-0.39, 0.29) is 24.8 Å². The Kier molecular flexibility index (Phi) is 8.94. The average molecular weight is 545 g/mol. The molecule has 0 spiro atoms. The first-order valence-corrected chi connectivity index (χ1v) is 13.5. The number of anilines is 1. The Morgan fingerprint density at radius 2 is 1.83 bits per heavy atom. The first-order chi connectivity index (χ1) is 16.8. The van der Waals surface area contributed by atoms with Crippen LogP contribution in [-0.2, 0) is 6.42 Å². The summed E-state index contributed by atoms with van der Waals surface area (Å²) in [7, 11) is 2.28. The predicted octanol–water partition coefficient (Wildman–Crippen LogP) is 4.61. The van der Waals surface area contributed by atoms with E-state index in [0.717, 1.165) is 48.7 Å². The zero-order chi connectivity index (χ0) is 22.9. The number of thiazole rings is 1. The number of pyridine rings is 1. The third-order valence-corrected chi connectivity index (χ3v) is 8.85. The minimum absolute atomic E-state index is 0. The summed E-state index contributed by atoms with van der Waals surface area (Å²) in [6.45, 7) is 3.06.